The Morgan fingerprint density at radius 1 is 1.33 bits per heavy atom. The van der Waals surface area contributed by atoms with Crippen molar-refractivity contribution in [3.05, 3.63) is 35.8 Å². The van der Waals surface area contributed by atoms with Gasteiger partial charge in [0.25, 0.3) is 0 Å². The summed E-state index contributed by atoms with van der Waals surface area (Å²) in [5, 5.41) is 0. The third kappa shape index (κ3) is 2.18. The first-order valence-corrected chi connectivity index (χ1v) is 5.25. The summed E-state index contributed by atoms with van der Waals surface area (Å²) in [6, 6.07) is 6.20. The number of aromatic nitrogens is 2. The molecule has 0 spiro atoms. The highest BCUT2D eigenvalue weighted by Gasteiger charge is 2.02. The fourth-order valence-electron chi connectivity index (χ4n) is 1.66. The van der Waals surface area contributed by atoms with Crippen LogP contribution in [-0.2, 0) is 6.42 Å². The predicted octanol–water partition coefficient (Wildman–Crippen LogP) is 1.75. The molecule has 0 unspecified atom stereocenters. The van der Waals surface area contributed by atoms with Gasteiger partial charge in [-0.3, -0.25) is 0 Å². The number of pyridine rings is 1. The topological polar surface area (TPSA) is 20.5 Å². The molecule has 0 fully saturated rings. The summed E-state index contributed by atoms with van der Waals surface area (Å²) < 4.78 is 2.14. The van der Waals surface area contributed by atoms with Gasteiger partial charge in [-0.25, -0.2) is 4.98 Å². The van der Waals surface area contributed by atoms with Crippen LogP contribution in [0.1, 0.15) is 11.4 Å². The van der Waals surface area contributed by atoms with E-state index in [2.05, 4.69) is 47.6 Å². The molecule has 0 aliphatic rings. The third-order valence-electron chi connectivity index (χ3n) is 2.56. The summed E-state index contributed by atoms with van der Waals surface area (Å²) >= 11 is 0. The van der Waals surface area contributed by atoms with Gasteiger partial charge < -0.3 is 9.30 Å². The largest absolute Gasteiger partial charge is 0.309 e. The number of aryl methyl sites for hydroxylation is 1. The summed E-state index contributed by atoms with van der Waals surface area (Å²) in [6.45, 7) is 3.15. The molecule has 0 aromatic carbocycles. The Morgan fingerprint density at radius 3 is 2.80 bits per heavy atom. The quantitative estimate of drug-likeness (QED) is 0.757. The minimum Gasteiger partial charge on any atom is -0.309 e. The van der Waals surface area contributed by atoms with E-state index >= 15 is 0 Å². The molecule has 2 aromatic heterocycles. The molecule has 0 atom stereocenters. The Kier molecular flexibility index (Phi) is 2.73. The summed E-state index contributed by atoms with van der Waals surface area (Å²) in [4.78, 5) is 6.76. The molecule has 3 nitrogen and oxygen atoms in total. The van der Waals surface area contributed by atoms with E-state index in [1.54, 1.807) is 0 Å². The normalized spacial score (nSPS) is 11.5. The first-order valence-electron chi connectivity index (χ1n) is 5.25. The van der Waals surface area contributed by atoms with Crippen molar-refractivity contribution in [3.63, 3.8) is 0 Å². The predicted molar refractivity (Wildman–Crippen MR) is 62.2 cm³/mol. The number of nitrogens with zero attached hydrogens (tertiary/aromatic N) is 3. The molecule has 0 aliphatic carbocycles. The zero-order valence-electron chi connectivity index (χ0n) is 9.57. The Labute approximate surface area is 90.4 Å². The molecule has 2 heterocycles. The van der Waals surface area contributed by atoms with Crippen LogP contribution in [0.25, 0.3) is 5.65 Å². The van der Waals surface area contributed by atoms with Crippen molar-refractivity contribution < 1.29 is 0 Å². The molecule has 2 rings (SSSR count). The van der Waals surface area contributed by atoms with Crippen LogP contribution < -0.4 is 0 Å². The average molecular weight is 203 g/mol. The first-order chi connectivity index (χ1) is 7.16. The van der Waals surface area contributed by atoms with E-state index in [1.165, 1.54) is 5.69 Å². The number of likely N-dealkylation sites (N-methyl/N-ethyl adjacent to an activating group) is 1. The van der Waals surface area contributed by atoms with Crippen molar-refractivity contribution in [2.24, 2.45) is 0 Å². The number of hydrogen-bond donors (Lipinski definition) is 0. The van der Waals surface area contributed by atoms with Gasteiger partial charge in [0.05, 0.1) is 5.69 Å². The molecular weight excluding hydrogens is 186 g/mol. The van der Waals surface area contributed by atoms with E-state index in [0.29, 0.717) is 0 Å². The molecule has 0 radical (unpaired) electrons. The van der Waals surface area contributed by atoms with Crippen molar-refractivity contribution >= 4 is 5.65 Å². The second-order valence-corrected chi connectivity index (χ2v) is 4.18. The van der Waals surface area contributed by atoms with Gasteiger partial charge >= 0.3 is 0 Å². The highest BCUT2D eigenvalue weighted by Crippen LogP contribution is 2.08. The second-order valence-electron chi connectivity index (χ2n) is 4.18. The Balaban J connectivity index is 2.27. The van der Waals surface area contributed by atoms with Gasteiger partial charge in [-0.05, 0) is 33.2 Å². The van der Waals surface area contributed by atoms with Gasteiger partial charge in [-0.2, -0.15) is 0 Å². The highest BCUT2D eigenvalue weighted by atomic mass is 15.1. The molecule has 80 valence electrons. The van der Waals surface area contributed by atoms with Crippen LogP contribution >= 0.6 is 0 Å². The van der Waals surface area contributed by atoms with Gasteiger partial charge in [0, 0.05) is 24.9 Å². The van der Waals surface area contributed by atoms with E-state index < -0.39 is 0 Å². The minimum absolute atomic E-state index is 1.01. The number of hydrogen-bond acceptors (Lipinski definition) is 2. The lowest BCUT2D eigenvalue weighted by atomic mass is 10.3. The van der Waals surface area contributed by atoms with Gasteiger partial charge in [0.1, 0.15) is 5.65 Å². The van der Waals surface area contributed by atoms with Crippen LogP contribution in [-0.4, -0.2) is 34.9 Å². The van der Waals surface area contributed by atoms with Crippen LogP contribution in [0.3, 0.4) is 0 Å². The lowest BCUT2D eigenvalue weighted by Crippen LogP contribution is -2.15. The van der Waals surface area contributed by atoms with Crippen molar-refractivity contribution in [2.45, 2.75) is 13.3 Å². The maximum absolute atomic E-state index is 4.58. The molecule has 0 saturated heterocycles. The van der Waals surface area contributed by atoms with E-state index in [-0.39, 0.29) is 0 Å². The van der Waals surface area contributed by atoms with Crippen molar-refractivity contribution in [3.8, 4) is 0 Å². The van der Waals surface area contributed by atoms with Crippen LogP contribution in [0, 0.1) is 6.92 Å². The minimum atomic E-state index is 1.01. The first kappa shape index (κ1) is 10.2. The third-order valence-corrected chi connectivity index (χ3v) is 2.56. The van der Waals surface area contributed by atoms with Gasteiger partial charge in [0.15, 0.2) is 0 Å². The van der Waals surface area contributed by atoms with E-state index in [4.69, 9.17) is 0 Å². The number of imidazole rings is 1. The fourth-order valence-corrected chi connectivity index (χ4v) is 1.66. The molecular formula is C12H17N3. The van der Waals surface area contributed by atoms with E-state index in [1.807, 2.05) is 12.1 Å². The maximum atomic E-state index is 4.58. The molecule has 0 saturated carbocycles. The molecule has 0 aliphatic heterocycles. The second kappa shape index (κ2) is 4.03. The van der Waals surface area contributed by atoms with E-state index in [0.717, 1.165) is 24.3 Å². The molecule has 0 N–H and O–H groups in total. The molecule has 15 heavy (non-hydrogen) atoms. The summed E-state index contributed by atoms with van der Waals surface area (Å²) in [5.74, 6) is 0. The Morgan fingerprint density at radius 2 is 2.13 bits per heavy atom. The number of fused-ring (bicyclic) bond motifs is 1. The van der Waals surface area contributed by atoms with Crippen molar-refractivity contribution in [1.82, 2.24) is 14.3 Å². The van der Waals surface area contributed by atoms with Crippen LogP contribution in [0.4, 0.5) is 0 Å². The van der Waals surface area contributed by atoms with Gasteiger partial charge in [-0.1, -0.05) is 6.07 Å². The lowest BCUT2D eigenvalue weighted by molar-refractivity contribution is 0.412. The zero-order valence-corrected chi connectivity index (χ0v) is 9.57. The Bertz CT molecular complexity index is 457. The summed E-state index contributed by atoms with van der Waals surface area (Å²) in [6.07, 6.45) is 3.14. The smallest absolute Gasteiger partial charge is 0.137 e. The lowest BCUT2D eigenvalue weighted by Gasteiger charge is -2.06. The monoisotopic (exact) mass is 203 g/mol. The average Bonchev–Trinajstić information content (AvgIpc) is 2.59. The molecule has 0 amide bonds. The fraction of sp³-hybridized carbons (Fsp3) is 0.417. The number of rotatable bonds is 3. The molecule has 0 bridgehead atoms. The molecule has 3 heteroatoms. The highest BCUT2D eigenvalue weighted by molar-refractivity contribution is 5.41. The SMILES string of the molecule is Cc1cccc2nc(CCN(C)C)cn12. The van der Waals surface area contributed by atoms with Crippen LogP contribution in [0.15, 0.2) is 24.4 Å². The van der Waals surface area contributed by atoms with Gasteiger partial charge in [-0.15, -0.1) is 0 Å². The summed E-state index contributed by atoms with van der Waals surface area (Å²) in [7, 11) is 4.17. The maximum Gasteiger partial charge on any atom is 0.137 e. The van der Waals surface area contributed by atoms with Crippen molar-refractivity contribution in [2.75, 3.05) is 20.6 Å². The van der Waals surface area contributed by atoms with Gasteiger partial charge in [0.2, 0.25) is 0 Å². The zero-order chi connectivity index (χ0) is 10.8. The van der Waals surface area contributed by atoms with Crippen molar-refractivity contribution in [1.29, 1.82) is 0 Å². The Hall–Kier alpha value is -1.35. The van der Waals surface area contributed by atoms with Crippen LogP contribution in [0.2, 0.25) is 0 Å². The standard InChI is InChI=1S/C12H17N3/c1-10-5-4-6-12-13-11(9-15(10)12)7-8-14(2)3/h4-6,9H,7-8H2,1-3H3. The summed E-state index contributed by atoms with van der Waals surface area (Å²) in [5.41, 5.74) is 3.44. The molecule has 2 aromatic rings. The van der Waals surface area contributed by atoms with Crippen LogP contribution in [0.5, 0.6) is 0 Å². The van der Waals surface area contributed by atoms with E-state index in [9.17, 15) is 0 Å².